The highest BCUT2D eigenvalue weighted by Crippen LogP contribution is 2.40. The van der Waals surface area contributed by atoms with Gasteiger partial charge in [0.15, 0.2) is 49.4 Å². The van der Waals surface area contributed by atoms with E-state index in [-0.39, 0.29) is 64.8 Å². The van der Waals surface area contributed by atoms with Crippen LogP contribution < -0.4 is 26.6 Å². The molecule has 10 heterocycles. The van der Waals surface area contributed by atoms with Crippen molar-refractivity contribution >= 4 is 30.2 Å². The Morgan fingerprint density at radius 2 is 0.563 bits per heavy atom. The Morgan fingerprint density at radius 3 is 0.736 bits per heavy atom. The maximum atomic E-state index is 13.7. The molecule has 20 N–H and O–H groups in total. The lowest BCUT2D eigenvalue weighted by Gasteiger charge is -2.36. The third-order valence-electron chi connectivity index (χ3n) is 15.0. The van der Waals surface area contributed by atoms with Crippen molar-refractivity contribution in [2.24, 2.45) is 0 Å². The van der Waals surface area contributed by atoms with Gasteiger partial charge in [-0.2, -0.15) is 17.6 Å². The monoisotopic (exact) mass is 1290 g/mol. The van der Waals surface area contributed by atoms with Gasteiger partial charge >= 0.3 is 42.0 Å². The second-order valence-electron chi connectivity index (χ2n) is 20.9. The summed E-state index contributed by atoms with van der Waals surface area (Å²) in [6.45, 7) is -2.97. The SMILES string of the molecule is O=C1N[C@@H](O)CCN1C1O[C@H](CO)[C@@H](O)C1(F)F.O=C1N[C@@H](O)CCN1C1O[C@H](CO)[C@@H](O)[C@@H]1F.O=C1N[C@H](O)CCN1C1O[C@H](CO)[C@@H](O)C1(F)F.O=C1N[C@H](O)CCN1C1O[C@H](CO)[C@@H](O)[C@@H]1F.O=C1N[C@H](O)CCN1C1O[C@H](CO)[C@@H](O)[C@H]1F. The van der Waals surface area contributed by atoms with E-state index in [0.29, 0.717) is 9.80 Å². The first-order valence-electron chi connectivity index (χ1n) is 27.0. The molecule has 0 spiro atoms. The zero-order valence-corrected chi connectivity index (χ0v) is 45.6. The topological polar surface area (TPSA) is 511 Å². The number of rotatable bonds is 10. The summed E-state index contributed by atoms with van der Waals surface area (Å²) < 4.78 is 121. The summed E-state index contributed by atoms with van der Waals surface area (Å²) in [6, 6.07) is -3.75. The molecular weight excluding hydrogens is 1210 g/mol. The normalized spacial score (nSPS) is 41.5. The van der Waals surface area contributed by atoms with Crippen molar-refractivity contribution in [2.45, 2.75) is 186 Å². The van der Waals surface area contributed by atoms with E-state index in [1.807, 2.05) is 0 Å². The second kappa shape index (κ2) is 30.2. The van der Waals surface area contributed by atoms with Gasteiger partial charge in [0.05, 0.1) is 33.0 Å². The largest absolute Gasteiger partial charge is 0.394 e. The molecule has 0 saturated carbocycles. The van der Waals surface area contributed by atoms with E-state index in [4.69, 9.17) is 59.4 Å². The number of urea groups is 5. The summed E-state index contributed by atoms with van der Waals surface area (Å²) >= 11 is 0. The van der Waals surface area contributed by atoms with E-state index >= 15 is 0 Å². The number of aliphatic hydroxyl groups is 15. The number of aliphatic hydroxyl groups excluding tert-OH is 15. The van der Waals surface area contributed by atoms with Gasteiger partial charge < -0.3 is 127 Å². The average Bonchev–Trinajstić information content (AvgIpc) is 1.71. The molecule has 0 radical (unpaired) electrons. The van der Waals surface area contributed by atoms with Crippen LogP contribution in [0.3, 0.4) is 0 Å². The third kappa shape index (κ3) is 16.0. The Bertz CT molecular complexity index is 2100. The van der Waals surface area contributed by atoms with Crippen LogP contribution in [0.5, 0.6) is 0 Å². The number of carbonyl (C=O) groups excluding carboxylic acids is 5. The maximum absolute atomic E-state index is 13.7. The number of alkyl halides is 7. The van der Waals surface area contributed by atoms with Crippen molar-refractivity contribution in [1.82, 2.24) is 51.1 Å². The molecule has 35 nitrogen and oxygen atoms in total. The van der Waals surface area contributed by atoms with E-state index in [9.17, 15) is 95.6 Å². The van der Waals surface area contributed by atoms with Gasteiger partial charge in [0.25, 0.3) is 0 Å². The molecule has 5 unspecified atom stereocenters. The highest BCUT2D eigenvalue weighted by atomic mass is 19.3. The first kappa shape index (κ1) is 71.1. The number of ether oxygens (including phenoxy) is 5. The van der Waals surface area contributed by atoms with Crippen molar-refractivity contribution in [3.63, 3.8) is 0 Å². The quantitative estimate of drug-likeness (QED) is 0.0903. The van der Waals surface area contributed by atoms with Crippen LogP contribution in [0.15, 0.2) is 0 Å². The summed E-state index contributed by atoms with van der Waals surface area (Å²) in [5, 5.41) is 148. The number of amides is 10. The van der Waals surface area contributed by atoms with E-state index in [1.165, 1.54) is 0 Å². The van der Waals surface area contributed by atoms with Crippen molar-refractivity contribution in [1.29, 1.82) is 0 Å². The molecule has 0 aliphatic carbocycles. The number of hydrogen-bond donors (Lipinski definition) is 20. The molecule has 10 aliphatic heterocycles. The Kier molecular flexibility index (Phi) is 24.7. The highest BCUT2D eigenvalue weighted by Gasteiger charge is 2.63. The van der Waals surface area contributed by atoms with Crippen molar-refractivity contribution in [3.8, 4) is 0 Å². The van der Waals surface area contributed by atoms with Crippen LogP contribution in [0.1, 0.15) is 32.1 Å². The lowest BCUT2D eigenvalue weighted by Crippen LogP contribution is -2.59. The zero-order chi connectivity index (χ0) is 64.7. The molecule has 10 amide bonds. The lowest BCUT2D eigenvalue weighted by molar-refractivity contribution is -0.159. The average molecular weight is 1290 g/mol. The van der Waals surface area contributed by atoms with Gasteiger partial charge in [0, 0.05) is 64.8 Å². The number of hydrogen-bond acceptors (Lipinski definition) is 25. The first-order valence-corrected chi connectivity index (χ1v) is 27.0. The van der Waals surface area contributed by atoms with Crippen molar-refractivity contribution in [2.75, 3.05) is 65.8 Å². The number of halogens is 7. The van der Waals surface area contributed by atoms with Crippen molar-refractivity contribution < 1.29 is 155 Å². The predicted octanol–water partition coefficient (Wildman–Crippen LogP) is -8.72. The highest BCUT2D eigenvalue weighted by molar-refractivity contribution is 5.77. The van der Waals surface area contributed by atoms with Crippen molar-refractivity contribution in [3.05, 3.63) is 0 Å². The molecule has 0 aromatic heterocycles. The van der Waals surface area contributed by atoms with Crippen LogP contribution in [0, 0.1) is 0 Å². The summed E-state index contributed by atoms with van der Waals surface area (Å²) in [4.78, 5) is 62.1. The number of carbonyl (C=O) groups is 5. The molecule has 23 atom stereocenters. The fourth-order valence-electron chi connectivity index (χ4n) is 10.1. The molecule has 10 aliphatic rings. The fourth-order valence-corrected chi connectivity index (χ4v) is 10.1. The van der Waals surface area contributed by atoms with Crippen LogP contribution in [-0.2, 0) is 23.7 Å². The Hall–Kier alpha value is -4.94. The van der Waals surface area contributed by atoms with Gasteiger partial charge in [-0.25, -0.2) is 37.1 Å². The van der Waals surface area contributed by atoms with Gasteiger partial charge in [-0.3, -0.25) is 24.5 Å². The minimum Gasteiger partial charge on any atom is -0.394 e. The van der Waals surface area contributed by atoms with Crippen LogP contribution >= 0.6 is 0 Å². The van der Waals surface area contributed by atoms with E-state index in [2.05, 4.69) is 26.6 Å². The molecular formula is C45H73F7N10O25. The Labute approximate surface area is 487 Å². The standard InChI is InChI=1S/2C9H14F2N2O5.3C9H15FN2O5/c2*10-9(11)6(16)4(3-14)18-7(9)13-2-1-5(15)12-8(13)17;3*10-6-7(15)4(3-13)17-8(6)12-2-1-5(14)11-9(12)16/h2*4-7,14-16H,1-3H2,(H,12,17);3*4-8,13-15H,1-3H2,(H,11,16)/t4-,5+,6-,7?;4-,5-,6-,7?;4-,5+,6+,7-,8?;4-,5-,6+,7-,8?;4-,5-,6-,7-,8?/m11111/s1. The molecule has 10 saturated heterocycles. The minimum atomic E-state index is -3.67. The molecule has 42 heteroatoms. The first-order chi connectivity index (χ1) is 40.9. The third-order valence-corrected chi connectivity index (χ3v) is 15.0. The van der Waals surface area contributed by atoms with Crippen LogP contribution in [0.25, 0.3) is 0 Å². The van der Waals surface area contributed by atoms with E-state index in [0.717, 1.165) is 14.7 Å². The fraction of sp³-hybridized carbons (Fsp3) is 0.889. The summed E-state index contributed by atoms with van der Waals surface area (Å²) in [5.74, 6) is -7.35. The summed E-state index contributed by atoms with van der Waals surface area (Å²) in [7, 11) is 0. The molecule has 10 rings (SSSR count). The van der Waals surface area contributed by atoms with E-state index < -0.39 is 217 Å². The van der Waals surface area contributed by atoms with Crippen LogP contribution in [-0.4, -0.2) is 351 Å². The maximum Gasteiger partial charge on any atom is 0.321 e. The molecule has 87 heavy (non-hydrogen) atoms. The van der Waals surface area contributed by atoms with Crippen LogP contribution in [0.2, 0.25) is 0 Å². The summed E-state index contributed by atoms with van der Waals surface area (Å²) in [5.41, 5.74) is 0. The second-order valence-corrected chi connectivity index (χ2v) is 20.9. The molecule has 502 valence electrons. The predicted molar refractivity (Wildman–Crippen MR) is 263 cm³/mol. The van der Waals surface area contributed by atoms with E-state index in [1.54, 1.807) is 0 Å². The van der Waals surface area contributed by atoms with Gasteiger partial charge in [-0.05, 0) is 0 Å². The summed E-state index contributed by atoms with van der Waals surface area (Å²) in [6.07, 6.45) is -31.7. The van der Waals surface area contributed by atoms with Gasteiger partial charge in [-0.1, -0.05) is 0 Å². The molecule has 0 aromatic carbocycles. The molecule has 10 fully saturated rings. The number of nitrogens with zero attached hydrogens (tertiary/aromatic N) is 5. The Balaban J connectivity index is 0.000000174. The van der Waals surface area contributed by atoms with Gasteiger partial charge in [-0.15, -0.1) is 0 Å². The number of nitrogens with one attached hydrogen (secondary N) is 5. The van der Waals surface area contributed by atoms with Gasteiger partial charge in [0.2, 0.25) is 12.5 Å². The van der Waals surface area contributed by atoms with Gasteiger partial charge in [0.1, 0.15) is 80.0 Å². The molecule has 0 bridgehead atoms. The van der Waals surface area contributed by atoms with Crippen LogP contribution in [0.4, 0.5) is 54.7 Å². The zero-order valence-electron chi connectivity index (χ0n) is 45.6. The Morgan fingerprint density at radius 1 is 0.356 bits per heavy atom. The minimum absolute atomic E-state index is 0.0710. The smallest absolute Gasteiger partial charge is 0.321 e. The molecule has 0 aromatic rings. The lowest BCUT2D eigenvalue weighted by atomic mass is 10.1.